The van der Waals surface area contributed by atoms with Crippen molar-refractivity contribution in [2.75, 3.05) is 20.2 Å². The molecule has 6 nitrogen and oxygen atoms in total. The van der Waals surface area contributed by atoms with E-state index in [-0.39, 0.29) is 11.9 Å². The third-order valence-electron chi connectivity index (χ3n) is 3.62. The summed E-state index contributed by atoms with van der Waals surface area (Å²) in [7, 11) is 1.64. The Morgan fingerprint density at radius 2 is 2.43 bits per heavy atom. The molecule has 0 N–H and O–H groups in total. The Hall–Kier alpha value is -1.73. The van der Waals surface area contributed by atoms with Crippen LogP contribution in [0.25, 0.3) is 0 Å². The Morgan fingerprint density at radius 1 is 1.57 bits per heavy atom. The molecule has 1 aliphatic heterocycles. The second-order valence-electron chi connectivity index (χ2n) is 5.30. The first-order valence-corrected chi connectivity index (χ1v) is 7.79. The van der Waals surface area contributed by atoms with Crippen LogP contribution in [0.5, 0.6) is 0 Å². The molecular weight excluding hydrogens is 288 g/mol. The molecule has 2 aromatic heterocycles. The minimum atomic E-state index is 0.118. The van der Waals surface area contributed by atoms with Gasteiger partial charge in [-0.15, -0.1) is 16.4 Å². The van der Waals surface area contributed by atoms with E-state index in [0.29, 0.717) is 13.2 Å². The lowest BCUT2D eigenvalue weighted by Gasteiger charge is -2.15. The van der Waals surface area contributed by atoms with Crippen LogP contribution in [0.2, 0.25) is 0 Å². The van der Waals surface area contributed by atoms with Crippen LogP contribution < -0.4 is 0 Å². The van der Waals surface area contributed by atoms with Crippen molar-refractivity contribution in [1.82, 2.24) is 19.9 Å². The second-order valence-corrected chi connectivity index (χ2v) is 6.22. The van der Waals surface area contributed by atoms with Gasteiger partial charge in [-0.05, 0) is 30.4 Å². The van der Waals surface area contributed by atoms with Crippen LogP contribution >= 0.6 is 11.3 Å². The Labute approximate surface area is 127 Å². The normalized spacial score (nSPS) is 18.4. The quantitative estimate of drug-likeness (QED) is 0.865. The monoisotopic (exact) mass is 306 g/mol. The molecular formula is C14H18N4O2S. The van der Waals surface area contributed by atoms with Crippen molar-refractivity contribution in [3.63, 3.8) is 0 Å². The molecule has 1 aliphatic rings. The number of carbonyl (C=O) groups is 1. The van der Waals surface area contributed by atoms with Gasteiger partial charge in [-0.3, -0.25) is 4.79 Å². The van der Waals surface area contributed by atoms with Crippen molar-refractivity contribution in [2.24, 2.45) is 0 Å². The highest BCUT2D eigenvalue weighted by atomic mass is 32.1. The molecule has 112 valence electrons. The molecule has 1 atom stereocenters. The Bertz CT molecular complexity index is 636. The molecule has 1 fully saturated rings. The van der Waals surface area contributed by atoms with E-state index in [1.165, 1.54) is 11.3 Å². The highest BCUT2D eigenvalue weighted by Crippen LogP contribution is 2.24. The molecule has 0 aromatic carbocycles. The predicted octanol–water partition coefficient (Wildman–Crippen LogP) is 1.88. The largest absolute Gasteiger partial charge is 0.378 e. The molecule has 0 saturated carbocycles. The molecule has 0 bridgehead atoms. The zero-order valence-corrected chi connectivity index (χ0v) is 13.0. The summed E-state index contributed by atoms with van der Waals surface area (Å²) < 4.78 is 6.89. The van der Waals surface area contributed by atoms with E-state index in [4.69, 9.17) is 4.74 Å². The summed E-state index contributed by atoms with van der Waals surface area (Å²) in [6, 6.07) is 2.15. The maximum absolute atomic E-state index is 12.4. The molecule has 3 rings (SSSR count). The van der Waals surface area contributed by atoms with Gasteiger partial charge in [0, 0.05) is 20.2 Å². The molecule has 0 radical (unpaired) electrons. The van der Waals surface area contributed by atoms with Gasteiger partial charge in [0.1, 0.15) is 5.69 Å². The lowest BCUT2D eigenvalue weighted by Crippen LogP contribution is -2.28. The molecule has 7 heteroatoms. The molecule has 1 saturated heterocycles. The average Bonchev–Trinajstić information content (AvgIpc) is 3.17. The number of rotatable bonds is 4. The first-order chi connectivity index (χ1) is 10.2. The summed E-state index contributed by atoms with van der Waals surface area (Å²) in [5, 5.41) is 10.2. The van der Waals surface area contributed by atoms with Crippen LogP contribution in [0, 0.1) is 6.92 Å². The van der Waals surface area contributed by atoms with Crippen LogP contribution in [0.15, 0.2) is 17.6 Å². The lowest BCUT2D eigenvalue weighted by atomic mass is 10.3. The molecule has 0 unspecified atom stereocenters. The third-order valence-corrected chi connectivity index (χ3v) is 4.65. The number of hydrogen-bond donors (Lipinski definition) is 0. The van der Waals surface area contributed by atoms with Crippen molar-refractivity contribution in [3.05, 3.63) is 33.8 Å². The van der Waals surface area contributed by atoms with Crippen LogP contribution in [0.1, 0.15) is 33.4 Å². The number of nitrogens with zero attached hydrogens (tertiary/aromatic N) is 4. The van der Waals surface area contributed by atoms with E-state index < -0.39 is 0 Å². The van der Waals surface area contributed by atoms with Crippen LogP contribution in [-0.4, -0.2) is 46.0 Å². The standard InChI is InChI=1S/C14H18N4O2S/c1-10-5-13(21-9-10)14(19)17-4-3-12(7-17)18-6-11(8-20-2)15-16-18/h5-6,9,12H,3-4,7-8H2,1-2H3/t12-/m1/s1. The van der Waals surface area contributed by atoms with Gasteiger partial charge in [0.25, 0.3) is 5.91 Å². The number of carbonyl (C=O) groups excluding carboxylic acids is 1. The summed E-state index contributed by atoms with van der Waals surface area (Å²) >= 11 is 1.51. The number of hydrogen-bond acceptors (Lipinski definition) is 5. The summed E-state index contributed by atoms with van der Waals surface area (Å²) in [5.74, 6) is 0.118. The van der Waals surface area contributed by atoms with Crippen LogP contribution in [-0.2, 0) is 11.3 Å². The van der Waals surface area contributed by atoms with Crippen molar-refractivity contribution in [1.29, 1.82) is 0 Å². The molecule has 1 amide bonds. The molecule has 0 aliphatic carbocycles. The fraction of sp³-hybridized carbons (Fsp3) is 0.500. The molecule has 3 heterocycles. The minimum Gasteiger partial charge on any atom is -0.378 e. The summed E-state index contributed by atoms with van der Waals surface area (Å²) in [5.41, 5.74) is 1.95. The zero-order chi connectivity index (χ0) is 14.8. The SMILES string of the molecule is COCc1cn([C@@H]2CCN(C(=O)c3cc(C)cs3)C2)nn1. The summed E-state index contributed by atoms with van der Waals surface area (Å²) in [6.07, 6.45) is 2.81. The van der Waals surface area contributed by atoms with Crippen molar-refractivity contribution in [2.45, 2.75) is 26.0 Å². The van der Waals surface area contributed by atoms with E-state index in [9.17, 15) is 4.79 Å². The number of amides is 1. The zero-order valence-electron chi connectivity index (χ0n) is 12.2. The second kappa shape index (κ2) is 5.95. The van der Waals surface area contributed by atoms with E-state index in [1.807, 2.05) is 34.1 Å². The smallest absolute Gasteiger partial charge is 0.264 e. The van der Waals surface area contributed by atoms with Gasteiger partial charge in [-0.25, -0.2) is 4.68 Å². The number of likely N-dealkylation sites (tertiary alicyclic amines) is 1. The topological polar surface area (TPSA) is 60.2 Å². The first-order valence-electron chi connectivity index (χ1n) is 6.91. The van der Waals surface area contributed by atoms with Gasteiger partial charge < -0.3 is 9.64 Å². The number of ether oxygens (including phenoxy) is 1. The van der Waals surface area contributed by atoms with Crippen molar-refractivity contribution in [3.8, 4) is 0 Å². The summed E-state index contributed by atoms with van der Waals surface area (Å²) in [6.45, 7) is 3.92. The average molecular weight is 306 g/mol. The lowest BCUT2D eigenvalue weighted by molar-refractivity contribution is 0.0791. The maximum atomic E-state index is 12.4. The van der Waals surface area contributed by atoms with Gasteiger partial charge >= 0.3 is 0 Å². The maximum Gasteiger partial charge on any atom is 0.264 e. The van der Waals surface area contributed by atoms with Gasteiger partial charge in [-0.2, -0.15) is 0 Å². The van der Waals surface area contributed by atoms with Crippen LogP contribution in [0.4, 0.5) is 0 Å². The number of aryl methyl sites for hydroxylation is 1. The van der Waals surface area contributed by atoms with Gasteiger partial charge in [0.05, 0.1) is 23.7 Å². The van der Waals surface area contributed by atoms with Crippen LogP contribution in [0.3, 0.4) is 0 Å². The number of thiophene rings is 1. The molecule has 0 spiro atoms. The van der Waals surface area contributed by atoms with Gasteiger partial charge in [-0.1, -0.05) is 5.21 Å². The highest BCUT2D eigenvalue weighted by Gasteiger charge is 2.29. The summed E-state index contributed by atoms with van der Waals surface area (Å²) in [4.78, 5) is 15.1. The van der Waals surface area contributed by atoms with E-state index in [1.54, 1.807) is 7.11 Å². The number of aromatic nitrogens is 3. The van der Waals surface area contributed by atoms with Crippen molar-refractivity contribution < 1.29 is 9.53 Å². The third kappa shape index (κ3) is 2.98. The Kier molecular flexibility index (Phi) is 4.03. The van der Waals surface area contributed by atoms with E-state index >= 15 is 0 Å². The van der Waals surface area contributed by atoms with Gasteiger partial charge in [0.15, 0.2) is 0 Å². The fourth-order valence-electron chi connectivity index (χ4n) is 2.55. The highest BCUT2D eigenvalue weighted by molar-refractivity contribution is 7.12. The molecule has 2 aromatic rings. The van der Waals surface area contributed by atoms with E-state index in [2.05, 4.69) is 10.3 Å². The number of methoxy groups -OCH3 is 1. The van der Waals surface area contributed by atoms with Crippen molar-refractivity contribution >= 4 is 17.2 Å². The Morgan fingerprint density at radius 3 is 3.14 bits per heavy atom. The first kappa shape index (κ1) is 14.2. The van der Waals surface area contributed by atoms with Gasteiger partial charge in [0.2, 0.25) is 0 Å². The minimum absolute atomic E-state index is 0.118. The molecule has 21 heavy (non-hydrogen) atoms. The fourth-order valence-corrected chi connectivity index (χ4v) is 3.41. The predicted molar refractivity (Wildman–Crippen MR) is 79.3 cm³/mol. The Balaban J connectivity index is 1.65. The van der Waals surface area contributed by atoms with E-state index in [0.717, 1.165) is 29.1 Å².